The number of nitrogens with zero attached hydrogens (tertiary/aromatic N) is 1. The SMILES string of the molecule is CC(C)C(C)NC(=O)CN(C)C(=O)OCc1ccc(OC(CO)OC(C(=O)O)C(C)O)c(NC(=O)CCNC(=O)OCC2C3CCC#CCCC32)c1. The average Bonchev–Trinajstić information content (AvgIpc) is 3.72. The van der Waals surface area contributed by atoms with Gasteiger partial charge in [-0.05, 0) is 68.1 Å². The standard InChI is InChI=1S/C36H52N4O12/c1-21(2)22(3)38-31(44)17-40(5)36(48)50-19-24-12-13-29(51-32(18-41)52-33(23(4)42)34(45)46)28(16-24)39-30(43)14-15-37-35(47)49-20-27-25-10-8-6-7-9-11-26(25)27/h12-13,16,21-23,25-27,32-33,41-42H,8-11,14-15,17-20H2,1-5H3,(H,37,47)(H,38,44)(H,39,43)(H,45,46). The summed E-state index contributed by atoms with van der Waals surface area (Å²) in [7, 11) is 1.41. The number of carbonyl (C=O) groups excluding carboxylic acids is 4. The summed E-state index contributed by atoms with van der Waals surface area (Å²) in [6.07, 6.45) is -2.58. The monoisotopic (exact) mass is 732 g/mol. The van der Waals surface area contributed by atoms with E-state index in [1.807, 2.05) is 20.8 Å². The Hall–Kier alpha value is -4.59. The molecule has 0 spiro atoms. The number of amides is 4. The van der Waals surface area contributed by atoms with Crippen LogP contribution in [-0.2, 0) is 35.2 Å². The van der Waals surface area contributed by atoms with Gasteiger partial charge in [0, 0.05) is 38.9 Å². The van der Waals surface area contributed by atoms with E-state index in [-0.39, 0.29) is 55.4 Å². The molecule has 6 unspecified atom stereocenters. The van der Waals surface area contributed by atoms with Crippen molar-refractivity contribution >= 4 is 35.7 Å². The number of aliphatic hydroxyl groups is 2. The smallest absolute Gasteiger partial charge is 0.410 e. The van der Waals surface area contributed by atoms with Gasteiger partial charge in [0.25, 0.3) is 0 Å². The van der Waals surface area contributed by atoms with Crippen LogP contribution in [0.2, 0.25) is 0 Å². The number of hydrogen-bond acceptors (Lipinski definition) is 11. The molecule has 1 saturated carbocycles. The van der Waals surface area contributed by atoms with Gasteiger partial charge in [-0.15, -0.1) is 11.8 Å². The summed E-state index contributed by atoms with van der Waals surface area (Å²) in [6.45, 7) is 5.95. The Bertz CT molecular complexity index is 1440. The molecule has 2 aliphatic rings. The van der Waals surface area contributed by atoms with Crippen LogP contribution in [0.4, 0.5) is 15.3 Å². The van der Waals surface area contributed by atoms with Gasteiger partial charge in [-0.1, -0.05) is 19.9 Å². The maximum absolute atomic E-state index is 13.0. The second-order valence-corrected chi connectivity index (χ2v) is 13.5. The number of aliphatic hydroxyl groups excluding tert-OH is 2. The van der Waals surface area contributed by atoms with Crippen LogP contribution in [0.15, 0.2) is 18.2 Å². The number of nitrogens with one attached hydrogen (secondary N) is 3. The van der Waals surface area contributed by atoms with Crippen molar-refractivity contribution in [3.05, 3.63) is 23.8 Å². The Labute approximate surface area is 303 Å². The number of alkyl carbamates (subject to hydrolysis) is 1. The lowest BCUT2D eigenvalue weighted by molar-refractivity contribution is -0.189. The Morgan fingerprint density at radius 3 is 2.27 bits per heavy atom. The molecule has 0 saturated heterocycles. The van der Waals surface area contributed by atoms with Gasteiger partial charge in [0.1, 0.15) is 25.5 Å². The number of ether oxygens (including phenoxy) is 4. The van der Waals surface area contributed by atoms with E-state index in [1.54, 1.807) is 0 Å². The number of fused-ring (bicyclic) bond motifs is 1. The molecule has 0 aromatic heterocycles. The van der Waals surface area contributed by atoms with E-state index in [0.717, 1.165) is 30.6 Å². The first-order valence-electron chi connectivity index (χ1n) is 17.5. The summed E-state index contributed by atoms with van der Waals surface area (Å²) in [5.74, 6) is 5.44. The highest BCUT2D eigenvalue weighted by Gasteiger charge is 2.49. The van der Waals surface area contributed by atoms with E-state index >= 15 is 0 Å². The fourth-order valence-electron chi connectivity index (χ4n) is 5.66. The Morgan fingerprint density at radius 1 is 1.00 bits per heavy atom. The summed E-state index contributed by atoms with van der Waals surface area (Å²) in [6, 6.07) is 4.23. The largest absolute Gasteiger partial charge is 0.479 e. The van der Waals surface area contributed by atoms with Crippen LogP contribution < -0.4 is 20.7 Å². The van der Waals surface area contributed by atoms with Crippen molar-refractivity contribution in [3.63, 3.8) is 0 Å². The number of carboxylic acids is 1. The van der Waals surface area contributed by atoms with Crippen molar-refractivity contribution in [2.75, 3.05) is 38.7 Å². The molecule has 1 aromatic rings. The Morgan fingerprint density at radius 2 is 1.67 bits per heavy atom. The summed E-state index contributed by atoms with van der Waals surface area (Å²) in [4.78, 5) is 62.9. The highest BCUT2D eigenvalue weighted by Crippen LogP contribution is 2.52. The summed E-state index contributed by atoms with van der Waals surface area (Å²) < 4.78 is 21.7. The molecular formula is C36H52N4O12. The zero-order valence-corrected chi connectivity index (χ0v) is 30.4. The molecular weight excluding hydrogens is 680 g/mol. The second-order valence-electron chi connectivity index (χ2n) is 13.5. The average molecular weight is 733 g/mol. The van der Waals surface area contributed by atoms with E-state index in [1.165, 1.54) is 32.2 Å². The molecule has 52 heavy (non-hydrogen) atoms. The maximum Gasteiger partial charge on any atom is 0.410 e. The maximum atomic E-state index is 13.0. The summed E-state index contributed by atoms with van der Waals surface area (Å²) in [5, 5.41) is 37.0. The fraction of sp³-hybridized carbons (Fsp3) is 0.639. The third kappa shape index (κ3) is 13.5. The van der Waals surface area contributed by atoms with Gasteiger partial charge in [-0.3, -0.25) is 9.59 Å². The number of rotatable bonds is 19. The highest BCUT2D eigenvalue weighted by atomic mass is 16.7. The number of anilines is 1. The molecule has 0 bridgehead atoms. The minimum absolute atomic E-state index is 0.0412. The zero-order valence-electron chi connectivity index (χ0n) is 30.4. The van der Waals surface area contributed by atoms with Crippen molar-refractivity contribution in [2.24, 2.45) is 23.7 Å². The lowest BCUT2D eigenvalue weighted by atomic mass is 10.1. The van der Waals surface area contributed by atoms with Crippen molar-refractivity contribution in [1.82, 2.24) is 15.5 Å². The number of carboxylic acid groups (broad SMARTS) is 1. The minimum atomic E-state index is -1.72. The van der Waals surface area contributed by atoms with E-state index in [9.17, 15) is 39.3 Å². The van der Waals surface area contributed by atoms with E-state index in [0.29, 0.717) is 29.9 Å². The van der Waals surface area contributed by atoms with Gasteiger partial charge in [0.05, 0.1) is 18.4 Å². The zero-order chi connectivity index (χ0) is 38.4. The lowest BCUT2D eigenvalue weighted by Gasteiger charge is -2.24. The first-order chi connectivity index (χ1) is 24.7. The molecule has 16 heteroatoms. The molecule has 0 radical (unpaired) electrons. The molecule has 0 aliphatic heterocycles. The predicted octanol–water partition coefficient (Wildman–Crippen LogP) is 2.46. The van der Waals surface area contributed by atoms with E-state index < -0.39 is 49.2 Å². The van der Waals surface area contributed by atoms with Gasteiger partial charge in [-0.25, -0.2) is 14.4 Å². The van der Waals surface area contributed by atoms with Gasteiger partial charge >= 0.3 is 18.2 Å². The lowest BCUT2D eigenvalue weighted by Crippen LogP contribution is -2.43. The van der Waals surface area contributed by atoms with Crippen molar-refractivity contribution in [3.8, 4) is 17.6 Å². The van der Waals surface area contributed by atoms with Crippen molar-refractivity contribution < 1.29 is 58.2 Å². The van der Waals surface area contributed by atoms with Crippen LogP contribution in [0.3, 0.4) is 0 Å². The molecule has 2 aliphatic carbocycles. The number of hydrogen-bond donors (Lipinski definition) is 6. The third-order valence-corrected chi connectivity index (χ3v) is 9.02. The number of likely N-dealkylation sites (N-methyl/N-ethyl adjacent to an activating group) is 1. The van der Waals surface area contributed by atoms with Gasteiger partial charge in [-0.2, -0.15) is 0 Å². The molecule has 1 fully saturated rings. The second kappa shape index (κ2) is 20.4. The topological polar surface area (TPSA) is 222 Å². The summed E-state index contributed by atoms with van der Waals surface area (Å²) in [5.41, 5.74) is 0.450. The van der Waals surface area contributed by atoms with Gasteiger partial charge in [0.2, 0.25) is 18.1 Å². The first kappa shape index (κ1) is 41.8. The first-order valence-corrected chi connectivity index (χ1v) is 17.5. The fourth-order valence-corrected chi connectivity index (χ4v) is 5.66. The molecule has 1 aromatic carbocycles. The highest BCUT2D eigenvalue weighted by molar-refractivity contribution is 5.92. The van der Waals surface area contributed by atoms with Crippen LogP contribution >= 0.6 is 0 Å². The molecule has 0 heterocycles. The Balaban J connectivity index is 1.60. The van der Waals surface area contributed by atoms with Crippen LogP contribution in [0.1, 0.15) is 65.4 Å². The molecule has 3 rings (SSSR count). The van der Waals surface area contributed by atoms with E-state index in [2.05, 4.69) is 27.8 Å². The number of benzene rings is 1. The minimum Gasteiger partial charge on any atom is -0.479 e. The molecule has 4 amide bonds. The van der Waals surface area contributed by atoms with Crippen LogP contribution in [0, 0.1) is 35.5 Å². The predicted molar refractivity (Wildman–Crippen MR) is 187 cm³/mol. The van der Waals surface area contributed by atoms with Crippen molar-refractivity contribution in [2.45, 2.75) is 90.9 Å². The number of aliphatic carboxylic acids is 1. The van der Waals surface area contributed by atoms with Gasteiger partial charge in [0.15, 0.2) is 6.10 Å². The number of carbonyl (C=O) groups is 5. The molecule has 6 atom stereocenters. The quantitative estimate of drug-likeness (QED) is 0.0892. The van der Waals surface area contributed by atoms with Gasteiger partial charge < -0.3 is 55.1 Å². The van der Waals surface area contributed by atoms with Crippen LogP contribution in [0.25, 0.3) is 0 Å². The van der Waals surface area contributed by atoms with Crippen LogP contribution in [0.5, 0.6) is 5.75 Å². The molecule has 6 N–H and O–H groups in total. The Kier molecular flexibility index (Phi) is 16.4. The molecule has 288 valence electrons. The van der Waals surface area contributed by atoms with Crippen molar-refractivity contribution in [1.29, 1.82) is 0 Å². The van der Waals surface area contributed by atoms with E-state index in [4.69, 9.17) is 18.9 Å². The van der Waals surface area contributed by atoms with Crippen LogP contribution in [-0.4, -0.2) is 108 Å². The third-order valence-electron chi connectivity index (χ3n) is 9.02. The molecule has 16 nitrogen and oxygen atoms in total. The normalized spacial score (nSPS) is 19.8. The summed E-state index contributed by atoms with van der Waals surface area (Å²) >= 11 is 0.